The maximum atomic E-state index is 8.56. The molecule has 0 aliphatic carbocycles. The van der Waals surface area contributed by atoms with Gasteiger partial charge < -0.3 is 5.11 Å². The van der Waals surface area contributed by atoms with Gasteiger partial charge in [0, 0.05) is 0 Å². The molecule has 2 unspecified atom stereocenters. The first-order valence-corrected chi connectivity index (χ1v) is 3.47. The molecular formula is C4H11OP. The lowest BCUT2D eigenvalue weighted by Gasteiger charge is -1.96. The maximum absolute atomic E-state index is 8.56. The standard InChI is InChI=1S/C4H11OP/c1-3-6-4(2)5/h4-6H,3H2,1-2H3. The van der Waals surface area contributed by atoms with Crippen molar-refractivity contribution in [2.75, 3.05) is 6.16 Å². The quantitative estimate of drug-likeness (QED) is 0.521. The molecule has 0 heterocycles. The Morgan fingerprint density at radius 1 is 1.83 bits per heavy atom. The Labute approximate surface area is 40.5 Å². The number of rotatable bonds is 2. The molecule has 0 aromatic heterocycles. The topological polar surface area (TPSA) is 20.2 Å². The van der Waals surface area contributed by atoms with E-state index < -0.39 is 0 Å². The van der Waals surface area contributed by atoms with Gasteiger partial charge in [0.15, 0.2) is 0 Å². The smallest absolute Gasteiger partial charge is 0.0674 e. The molecule has 1 nitrogen and oxygen atoms in total. The van der Waals surface area contributed by atoms with Crippen molar-refractivity contribution in [1.29, 1.82) is 0 Å². The monoisotopic (exact) mass is 106 g/mol. The molecule has 0 saturated heterocycles. The van der Waals surface area contributed by atoms with Crippen LogP contribution in [0.5, 0.6) is 0 Å². The second-order valence-electron chi connectivity index (χ2n) is 1.23. The van der Waals surface area contributed by atoms with Crippen LogP contribution in [0.25, 0.3) is 0 Å². The van der Waals surface area contributed by atoms with Crippen LogP contribution in [0.15, 0.2) is 0 Å². The van der Waals surface area contributed by atoms with Crippen molar-refractivity contribution >= 4 is 8.58 Å². The van der Waals surface area contributed by atoms with E-state index in [9.17, 15) is 0 Å². The van der Waals surface area contributed by atoms with E-state index in [1.54, 1.807) is 0 Å². The molecule has 2 atom stereocenters. The molecule has 0 aromatic carbocycles. The summed E-state index contributed by atoms with van der Waals surface area (Å²) in [7, 11) is 0.727. The van der Waals surface area contributed by atoms with Crippen LogP contribution < -0.4 is 0 Å². The van der Waals surface area contributed by atoms with Gasteiger partial charge in [-0.1, -0.05) is 15.5 Å². The second-order valence-corrected chi connectivity index (χ2v) is 3.18. The van der Waals surface area contributed by atoms with Crippen molar-refractivity contribution in [2.45, 2.75) is 19.7 Å². The molecule has 2 heteroatoms. The van der Waals surface area contributed by atoms with Crippen LogP contribution in [0, 0.1) is 0 Å². The average Bonchev–Trinajstić information content (AvgIpc) is 1.35. The Hall–Kier alpha value is 0.390. The van der Waals surface area contributed by atoms with Gasteiger partial charge in [-0.3, -0.25) is 0 Å². The molecule has 38 valence electrons. The van der Waals surface area contributed by atoms with Gasteiger partial charge in [0.05, 0.1) is 5.85 Å². The molecule has 0 aliphatic rings. The molecule has 0 saturated carbocycles. The Balaban J connectivity index is 2.63. The Morgan fingerprint density at radius 3 is 2.33 bits per heavy atom. The largest absolute Gasteiger partial charge is 0.389 e. The minimum atomic E-state index is -0.0741. The highest BCUT2D eigenvalue weighted by molar-refractivity contribution is 7.38. The zero-order chi connectivity index (χ0) is 4.99. The van der Waals surface area contributed by atoms with Crippen molar-refractivity contribution in [3.63, 3.8) is 0 Å². The first-order valence-electron chi connectivity index (χ1n) is 2.18. The SMILES string of the molecule is CCPC(C)O. The molecular weight excluding hydrogens is 95.0 g/mol. The van der Waals surface area contributed by atoms with Crippen molar-refractivity contribution < 1.29 is 5.11 Å². The summed E-state index contributed by atoms with van der Waals surface area (Å²) in [6.45, 7) is 3.90. The summed E-state index contributed by atoms with van der Waals surface area (Å²) in [6, 6.07) is 0. The summed E-state index contributed by atoms with van der Waals surface area (Å²) in [6.07, 6.45) is 1.11. The molecule has 0 aliphatic heterocycles. The van der Waals surface area contributed by atoms with Crippen molar-refractivity contribution in [3.05, 3.63) is 0 Å². The van der Waals surface area contributed by atoms with E-state index >= 15 is 0 Å². The molecule has 0 aromatic rings. The zero-order valence-electron chi connectivity index (χ0n) is 4.23. The minimum Gasteiger partial charge on any atom is -0.389 e. The van der Waals surface area contributed by atoms with Gasteiger partial charge in [0.1, 0.15) is 0 Å². The molecule has 0 rings (SSSR count). The van der Waals surface area contributed by atoms with Crippen molar-refractivity contribution in [2.24, 2.45) is 0 Å². The molecule has 0 fully saturated rings. The van der Waals surface area contributed by atoms with Crippen LogP contribution in [0.4, 0.5) is 0 Å². The number of aliphatic hydroxyl groups excluding tert-OH is 1. The fraction of sp³-hybridized carbons (Fsp3) is 1.00. The zero-order valence-corrected chi connectivity index (χ0v) is 5.23. The van der Waals surface area contributed by atoms with E-state index in [0.717, 1.165) is 14.7 Å². The lowest BCUT2D eigenvalue weighted by atomic mass is 10.9. The van der Waals surface area contributed by atoms with Crippen LogP contribution in [-0.4, -0.2) is 17.1 Å². The minimum absolute atomic E-state index is 0.0741. The van der Waals surface area contributed by atoms with Gasteiger partial charge in [0.25, 0.3) is 0 Å². The highest BCUT2D eigenvalue weighted by Gasteiger charge is 1.86. The van der Waals surface area contributed by atoms with Gasteiger partial charge in [0.2, 0.25) is 0 Å². The first-order chi connectivity index (χ1) is 2.77. The Kier molecular flexibility index (Phi) is 3.81. The molecule has 1 N–H and O–H groups in total. The van der Waals surface area contributed by atoms with E-state index in [1.807, 2.05) is 6.92 Å². The third-order valence-corrected chi connectivity index (χ3v) is 1.50. The summed E-state index contributed by atoms with van der Waals surface area (Å²) in [4.78, 5) is 0. The molecule has 0 bridgehead atoms. The first kappa shape index (κ1) is 6.39. The van der Waals surface area contributed by atoms with Gasteiger partial charge in [-0.25, -0.2) is 0 Å². The summed E-state index contributed by atoms with van der Waals surface area (Å²) < 4.78 is 0. The van der Waals surface area contributed by atoms with Gasteiger partial charge in [-0.15, -0.1) is 0 Å². The van der Waals surface area contributed by atoms with Gasteiger partial charge in [-0.05, 0) is 13.1 Å². The fourth-order valence-corrected chi connectivity index (χ4v) is 0.886. The predicted octanol–water partition coefficient (Wildman–Crippen LogP) is 1.02. The third kappa shape index (κ3) is 4.39. The highest BCUT2D eigenvalue weighted by Crippen LogP contribution is 2.12. The fourth-order valence-electron chi connectivity index (χ4n) is 0.295. The lowest BCUT2D eigenvalue weighted by Crippen LogP contribution is -1.87. The van der Waals surface area contributed by atoms with E-state index in [1.165, 1.54) is 0 Å². The van der Waals surface area contributed by atoms with Crippen LogP contribution >= 0.6 is 8.58 Å². The molecule has 0 amide bonds. The molecule has 6 heavy (non-hydrogen) atoms. The van der Waals surface area contributed by atoms with Crippen LogP contribution in [0.2, 0.25) is 0 Å². The van der Waals surface area contributed by atoms with Crippen LogP contribution in [-0.2, 0) is 0 Å². The highest BCUT2D eigenvalue weighted by atomic mass is 31.1. The van der Waals surface area contributed by atoms with Gasteiger partial charge >= 0.3 is 0 Å². The van der Waals surface area contributed by atoms with Crippen molar-refractivity contribution in [3.8, 4) is 0 Å². The average molecular weight is 106 g/mol. The molecule has 0 radical (unpaired) electrons. The normalized spacial score (nSPS) is 16.5. The number of aliphatic hydroxyl groups is 1. The van der Waals surface area contributed by atoms with E-state index in [2.05, 4.69) is 6.92 Å². The van der Waals surface area contributed by atoms with E-state index in [-0.39, 0.29) is 5.85 Å². The molecule has 0 spiro atoms. The number of hydrogen-bond acceptors (Lipinski definition) is 1. The van der Waals surface area contributed by atoms with Gasteiger partial charge in [-0.2, -0.15) is 0 Å². The Morgan fingerprint density at radius 2 is 2.33 bits per heavy atom. The van der Waals surface area contributed by atoms with Crippen LogP contribution in [0.3, 0.4) is 0 Å². The second kappa shape index (κ2) is 3.58. The summed E-state index contributed by atoms with van der Waals surface area (Å²) in [5.74, 6) is -0.0741. The Bertz CT molecular complexity index is 28.7. The predicted molar refractivity (Wildman–Crippen MR) is 30.5 cm³/mol. The lowest BCUT2D eigenvalue weighted by molar-refractivity contribution is 0.280. The summed E-state index contributed by atoms with van der Waals surface area (Å²) in [5, 5.41) is 8.56. The van der Waals surface area contributed by atoms with Crippen LogP contribution in [0.1, 0.15) is 13.8 Å². The summed E-state index contributed by atoms with van der Waals surface area (Å²) >= 11 is 0. The van der Waals surface area contributed by atoms with E-state index in [0.29, 0.717) is 0 Å². The van der Waals surface area contributed by atoms with Crippen molar-refractivity contribution in [1.82, 2.24) is 0 Å². The summed E-state index contributed by atoms with van der Waals surface area (Å²) in [5.41, 5.74) is 0. The number of hydrogen-bond donors (Lipinski definition) is 1. The van der Waals surface area contributed by atoms with E-state index in [4.69, 9.17) is 5.11 Å². The maximum Gasteiger partial charge on any atom is 0.0674 e. The third-order valence-electron chi connectivity index (χ3n) is 0.500.